The van der Waals surface area contributed by atoms with E-state index in [-0.39, 0.29) is 29.8 Å². The first-order chi connectivity index (χ1) is 17.1. The molecule has 0 radical (unpaired) electrons. The number of piperidine rings is 1. The van der Waals surface area contributed by atoms with Crippen molar-refractivity contribution in [1.29, 1.82) is 0 Å². The van der Waals surface area contributed by atoms with Gasteiger partial charge in [0, 0.05) is 25.2 Å². The summed E-state index contributed by atoms with van der Waals surface area (Å²) in [5.74, 6) is -0.150. The Morgan fingerprint density at radius 2 is 1.73 bits per heavy atom. The number of ether oxygens (including phenoxy) is 2. The van der Waals surface area contributed by atoms with E-state index in [4.69, 9.17) is 4.74 Å². The average Bonchev–Trinajstić information content (AvgIpc) is 2.76. The largest absolute Gasteiger partial charge is 0.454 e. The average molecular weight is 535 g/mol. The lowest BCUT2D eigenvalue weighted by Gasteiger charge is -2.33. The third-order valence-electron chi connectivity index (χ3n) is 5.21. The number of halogens is 6. The Balaban J connectivity index is 1.74. The maximum absolute atomic E-state index is 13.0. The summed E-state index contributed by atoms with van der Waals surface area (Å²) in [7, 11) is 0. The second-order valence-corrected chi connectivity index (χ2v) is 9.58. The summed E-state index contributed by atoms with van der Waals surface area (Å²) in [5, 5.41) is 2.58. The molecule has 1 aromatic carbocycles. The lowest BCUT2D eigenvalue weighted by molar-refractivity contribution is -0.154. The second-order valence-electron chi connectivity index (χ2n) is 9.58. The maximum Gasteiger partial charge on any atom is 0.422 e. The van der Waals surface area contributed by atoms with E-state index < -0.39 is 42.2 Å². The molecule has 1 aliphatic heterocycles. The van der Waals surface area contributed by atoms with Gasteiger partial charge in [-0.15, -0.1) is 0 Å². The molecule has 3 rings (SSSR count). The minimum absolute atomic E-state index is 0.00189. The van der Waals surface area contributed by atoms with Crippen LogP contribution in [0.2, 0.25) is 0 Å². The molecule has 0 atom stereocenters. The number of carbonyl (C=O) groups excluding carboxylic acids is 1. The first kappa shape index (κ1) is 28.3. The van der Waals surface area contributed by atoms with E-state index in [2.05, 4.69) is 25.0 Å². The number of anilines is 2. The molecule has 8 nitrogen and oxygen atoms in total. The molecule has 1 aliphatic rings. The van der Waals surface area contributed by atoms with Gasteiger partial charge in [0.15, 0.2) is 6.61 Å². The van der Waals surface area contributed by atoms with Crippen LogP contribution in [0.15, 0.2) is 24.3 Å². The second kappa shape index (κ2) is 11.0. The van der Waals surface area contributed by atoms with Crippen molar-refractivity contribution in [2.75, 3.05) is 25.0 Å². The van der Waals surface area contributed by atoms with Crippen LogP contribution in [0, 0.1) is 5.92 Å². The van der Waals surface area contributed by atoms with Crippen LogP contribution in [0.1, 0.15) is 45.0 Å². The van der Waals surface area contributed by atoms with Gasteiger partial charge in [-0.25, -0.2) is 4.79 Å². The van der Waals surface area contributed by atoms with Crippen LogP contribution in [0.3, 0.4) is 0 Å². The normalized spacial score (nSPS) is 15.4. The molecule has 0 bridgehead atoms. The van der Waals surface area contributed by atoms with E-state index in [0.717, 1.165) is 12.1 Å². The van der Waals surface area contributed by atoms with Gasteiger partial charge in [0.25, 0.3) is 0 Å². The van der Waals surface area contributed by atoms with Crippen molar-refractivity contribution in [2.45, 2.75) is 58.0 Å². The number of nitrogens with one attached hydrogen (secondary N) is 1. The molecular weight excluding hydrogens is 508 g/mol. The van der Waals surface area contributed by atoms with E-state index in [1.54, 1.807) is 25.7 Å². The highest BCUT2D eigenvalue weighted by atomic mass is 19.4. The van der Waals surface area contributed by atoms with Crippen molar-refractivity contribution in [1.82, 2.24) is 19.9 Å². The summed E-state index contributed by atoms with van der Waals surface area (Å²) in [5.41, 5.74) is -1.56. The van der Waals surface area contributed by atoms with E-state index in [9.17, 15) is 31.1 Å². The van der Waals surface area contributed by atoms with Crippen molar-refractivity contribution in [3.05, 3.63) is 35.7 Å². The fourth-order valence-electron chi connectivity index (χ4n) is 3.56. The number of alkyl halides is 6. The van der Waals surface area contributed by atoms with E-state index in [0.29, 0.717) is 25.9 Å². The van der Waals surface area contributed by atoms with E-state index in [1.165, 1.54) is 12.1 Å². The highest BCUT2D eigenvalue weighted by Gasteiger charge is 2.32. The predicted octanol–water partition coefficient (Wildman–Crippen LogP) is 5.76. The van der Waals surface area contributed by atoms with Gasteiger partial charge in [-0.1, -0.05) is 6.07 Å². The molecule has 37 heavy (non-hydrogen) atoms. The van der Waals surface area contributed by atoms with Crippen LogP contribution in [-0.2, 0) is 17.3 Å². The van der Waals surface area contributed by atoms with Crippen molar-refractivity contribution >= 4 is 17.7 Å². The Hall–Kier alpha value is -3.32. The van der Waals surface area contributed by atoms with Crippen LogP contribution in [0.25, 0.3) is 0 Å². The summed E-state index contributed by atoms with van der Waals surface area (Å²) in [4.78, 5) is 25.8. The maximum atomic E-state index is 13.0. The molecule has 1 fully saturated rings. The van der Waals surface area contributed by atoms with Crippen LogP contribution >= 0.6 is 0 Å². The molecular formula is C23H27F6N5O3. The molecule has 0 saturated carbocycles. The van der Waals surface area contributed by atoms with E-state index in [1.807, 2.05) is 0 Å². The topological polar surface area (TPSA) is 89.5 Å². The molecule has 1 amide bonds. The van der Waals surface area contributed by atoms with Crippen molar-refractivity contribution in [2.24, 2.45) is 5.92 Å². The zero-order valence-corrected chi connectivity index (χ0v) is 20.4. The van der Waals surface area contributed by atoms with Crippen LogP contribution in [0.4, 0.5) is 42.8 Å². The Bertz CT molecular complexity index is 1080. The molecule has 204 valence electrons. The number of amides is 1. The number of hydrogen-bond acceptors (Lipinski definition) is 7. The molecule has 0 aliphatic carbocycles. The summed E-state index contributed by atoms with van der Waals surface area (Å²) < 4.78 is 87.1. The Morgan fingerprint density at radius 3 is 2.32 bits per heavy atom. The quantitative estimate of drug-likeness (QED) is 0.470. The third kappa shape index (κ3) is 9.25. The minimum Gasteiger partial charge on any atom is -0.454 e. The molecule has 1 saturated heterocycles. The van der Waals surface area contributed by atoms with Crippen LogP contribution in [-0.4, -0.2) is 57.4 Å². The first-order valence-corrected chi connectivity index (χ1v) is 11.4. The lowest BCUT2D eigenvalue weighted by Crippen LogP contribution is -2.42. The van der Waals surface area contributed by atoms with Crippen LogP contribution in [0.5, 0.6) is 6.01 Å². The third-order valence-corrected chi connectivity index (χ3v) is 5.21. The van der Waals surface area contributed by atoms with Crippen LogP contribution < -0.4 is 10.1 Å². The minimum atomic E-state index is -4.64. The van der Waals surface area contributed by atoms with Gasteiger partial charge in [0.05, 0.1) is 5.56 Å². The molecule has 2 aromatic rings. The highest BCUT2D eigenvalue weighted by molar-refractivity contribution is 5.68. The van der Waals surface area contributed by atoms with Gasteiger partial charge < -0.3 is 19.7 Å². The molecule has 2 heterocycles. The van der Waals surface area contributed by atoms with Gasteiger partial charge in [-0.2, -0.15) is 41.3 Å². The Labute approximate surface area is 209 Å². The zero-order chi connectivity index (χ0) is 27.4. The number of benzene rings is 1. The summed E-state index contributed by atoms with van der Waals surface area (Å²) in [6.45, 7) is 4.48. The lowest BCUT2D eigenvalue weighted by atomic mass is 9.93. The summed E-state index contributed by atoms with van der Waals surface area (Å²) in [6.07, 6.45) is -8.28. The molecule has 0 unspecified atom stereocenters. The number of aromatic nitrogens is 3. The molecule has 1 aromatic heterocycles. The van der Waals surface area contributed by atoms with Crippen molar-refractivity contribution in [3.8, 4) is 6.01 Å². The number of likely N-dealkylation sites (tertiary alicyclic amines) is 1. The zero-order valence-electron chi connectivity index (χ0n) is 20.4. The SMILES string of the molecule is CC(C)(C)OC(=O)N1CCC(Cc2nc(Nc3cccc(C(F)(F)F)c3)nc(OCC(F)(F)F)n2)CC1. The summed E-state index contributed by atoms with van der Waals surface area (Å²) >= 11 is 0. The van der Waals surface area contributed by atoms with Gasteiger partial charge >= 0.3 is 24.5 Å². The predicted molar refractivity (Wildman–Crippen MR) is 120 cm³/mol. The molecule has 14 heteroatoms. The van der Waals surface area contributed by atoms with Gasteiger partial charge in [-0.3, -0.25) is 0 Å². The standard InChI is InChI=1S/C23H27F6N5O3/c1-21(2,3)37-20(35)34-9-7-14(8-10-34)11-17-31-18(33-19(32-17)36-13-22(24,25)26)30-16-6-4-5-15(12-16)23(27,28)29/h4-6,12,14H,7-11,13H2,1-3H3,(H,30,31,32,33). The Morgan fingerprint density at radius 1 is 1.05 bits per heavy atom. The number of carbonyl (C=O) groups is 1. The number of hydrogen-bond donors (Lipinski definition) is 1. The van der Waals surface area contributed by atoms with Gasteiger partial charge in [-0.05, 0) is 57.7 Å². The molecule has 0 spiro atoms. The van der Waals surface area contributed by atoms with Gasteiger partial charge in [0.2, 0.25) is 5.95 Å². The smallest absolute Gasteiger partial charge is 0.422 e. The van der Waals surface area contributed by atoms with E-state index >= 15 is 0 Å². The fourth-order valence-corrected chi connectivity index (χ4v) is 3.56. The molecule has 1 N–H and O–H groups in total. The Kier molecular flexibility index (Phi) is 8.38. The summed E-state index contributed by atoms with van der Waals surface area (Å²) in [6, 6.07) is 3.61. The number of rotatable bonds is 6. The van der Waals surface area contributed by atoms with Crippen molar-refractivity contribution < 1.29 is 40.6 Å². The van der Waals surface area contributed by atoms with Crippen molar-refractivity contribution in [3.63, 3.8) is 0 Å². The first-order valence-electron chi connectivity index (χ1n) is 11.4. The fraction of sp³-hybridized carbons (Fsp3) is 0.565. The number of nitrogens with zero attached hydrogens (tertiary/aromatic N) is 4. The highest BCUT2D eigenvalue weighted by Crippen LogP contribution is 2.31. The van der Waals surface area contributed by atoms with Gasteiger partial charge in [0.1, 0.15) is 11.4 Å². The monoisotopic (exact) mass is 535 g/mol.